The van der Waals surface area contributed by atoms with Crippen LogP contribution in [0.15, 0.2) is 30.5 Å². The predicted octanol–water partition coefficient (Wildman–Crippen LogP) is 0.982. The van der Waals surface area contributed by atoms with Gasteiger partial charge < -0.3 is 30.8 Å². The Labute approximate surface area is 204 Å². The maximum Gasteiger partial charge on any atom is 0.305 e. The summed E-state index contributed by atoms with van der Waals surface area (Å²) in [7, 11) is 0. The van der Waals surface area contributed by atoms with Gasteiger partial charge in [0.2, 0.25) is 17.7 Å². The molecule has 4 N–H and O–H groups in total. The van der Waals surface area contributed by atoms with Crippen LogP contribution in [-0.4, -0.2) is 64.7 Å². The fraction of sp³-hybridized carbons (Fsp3) is 0.480. The van der Waals surface area contributed by atoms with E-state index in [1.165, 1.54) is 4.90 Å². The van der Waals surface area contributed by atoms with E-state index in [9.17, 15) is 24.0 Å². The third-order valence-electron chi connectivity index (χ3n) is 6.22. The first-order chi connectivity index (χ1) is 16.5. The van der Waals surface area contributed by atoms with Crippen molar-refractivity contribution >= 4 is 36.1 Å². The summed E-state index contributed by atoms with van der Waals surface area (Å²) in [6, 6.07) is 3.87. The Morgan fingerprint density at radius 2 is 1.89 bits per heavy atom. The lowest BCUT2D eigenvalue weighted by molar-refractivity contribution is -0.145. The number of nitrogens with zero attached hydrogens (tertiary/aromatic N) is 1. The van der Waals surface area contributed by atoms with Gasteiger partial charge in [-0.05, 0) is 41.7 Å². The highest BCUT2D eigenvalue weighted by atomic mass is 16.4. The smallest absolute Gasteiger partial charge is 0.305 e. The third-order valence-corrected chi connectivity index (χ3v) is 6.22. The molecule has 0 spiro atoms. The van der Waals surface area contributed by atoms with Crippen molar-refractivity contribution in [2.24, 2.45) is 5.41 Å². The van der Waals surface area contributed by atoms with Gasteiger partial charge in [-0.3, -0.25) is 19.2 Å². The van der Waals surface area contributed by atoms with Gasteiger partial charge in [-0.15, -0.1) is 0 Å². The molecular formula is C25H32N4O6. The minimum absolute atomic E-state index is 0.317. The molecule has 2 heterocycles. The Hall–Kier alpha value is -3.69. The zero-order valence-electron chi connectivity index (χ0n) is 20.1. The van der Waals surface area contributed by atoms with E-state index in [1.54, 1.807) is 6.20 Å². The molecule has 3 rings (SSSR count). The van der Waals surface area contributed by atoms with E-state index in [0.29, 0.717) is 25.7 Å². The molecule has 188 valence electrons. The van der Waals surface area contributed by atoms with Crippen LogP contribution in [0.5, 0.6) is 0 Å². The van der Waals surface area contributed by atoms with Crippen LogP contribution in [0.2, 0.25) is 0 Å². The lowest BCUT2D eigenvalue weighted by Crippen LogP contribution is -2.59. The largest absolute Gasteiger partial charge is 0.481 e. The summed E-state index contributed by atoms with van der Waals surface area (Å²) in [5.74, 6) is -2.56. The number of likely N-dealkylation sites (tertiary alicyclic amines) is 1. The predicted molar refractivity (Wildman–Crippen MR) is 128 cm³/mol. The van der Waals surface area contributed by atoms with Crippen LogP contribution in [0.1, 0.15) is 57.2 Å². The summed E-state index contributed by atoms with van der Waals surface area (Å²) < 4.78 is 0. The molecule has 10 heteroatoms. The number of aldehydes is 1. The molecule has 3 amide bonds. The van der Waals surface area contributed by atoms with Crippen LogP contribution < -0.4 is 16.0 Å². The Morgan fingerprint density at radius 1 is 1.17 bits per heavy atom. The average Bonchev–Trinajstić information content (AvgIpc) is 3.30. The molecule has 1 aromatic carbocycles. The number of nitrogens with one attached hydrogen (secondary N) is 3. The molecule has 35 heavy (non-hydrogen) atoms. The highest BCUT2D eigenvalue weighted by molar-refractivity contribution is 5.95. The fourth-order valence-corrected chi connectivity index (χ4v) is 4.41. The minimum Gasteiger partial charge on any atom is -0.481 e. The fourth-order valence-electron chi connectivity index (χ4n) is 4.41. The number of hydrogen-bond donors (Lipinski definition) is 4. The van der Waals surface area contributed by atoms with Crippen LogP contribution in [0.3, 0.4) is 0 Å². The van der Waals surface area contributed by atoms with Gasteiger partial charge in [-0.25, -0.2) is 0 Å². The molecule has 0 saturated carbocycles. The topological polar surface area (TPSA) is 145 Å². The first-order valence-corrected chi connectivity index (χ1v) is 11.6. The number of benzene rings is 1. The molecule has 2 aliphatic rings. The van der Waals surface area contributed by atoms with Crippen LogP contribution in [0.25, 0.3) is 6.08 Å². The van der Waals surface area contributed by atoms with Gasteiger partial charge >= 0.3 is 5.97 Å². The molecule has 10 nitrogen and oxygen atoms in total. The quantitative estimate of drug-likeness (QED) is 0.403. The van der Waals surface area contributed by atoms with Crippen molar-refractivity contribution in [1.82, 2.24) is 20.9 Å². The van der Waals surface area contributed by atoms with E-state index in [4.69, 9.17) is 5.11 Å². The van der Waals surface area contributed by atoms with Crippen LogP contribution in [0.4, 0.5) is 0 Å². The standard InChI is InChI=1S/C25H32N4O6/c1-25(2,3)21(28-23(34)20-17-8-5-4-7-15(17)10-11-26-20)24(35)29-12-6-9-18(29)22(33)27-16(14-30)13-19(31)32/h4-5,7-8,10-11,14,16,18,20-21,26H,6,9,12-13H2,1-3H3,(H,27,33)(H,28,34)(H,31,32)/t16-,18?,20?,21+/m0/s1. The molecule has 1 aromatic rings. The Balaban J connectivity index is 1.76. The lowest BCUT2D eigenvalue weighted by atomic mass is 9.85. The van der Waals surface area contributed by atoms with Crippen LogP contribution >= 0.6 is 0 Å². The second-order valence-corrected chi connectivity index (χ2v) is 9.91. The van der Waals surface area contributed by atoms with Crippen LogP contribution in [-0.2, 0) is 24.0 Å². The molecule has 4 atom stereocenters. The van der Waals surface area contributed by atoms with Crippen LogP contribution in [0, 0.1) is 5.41 Å². The van der Waals surface area contributed by atoms with Gasteiger partial charge in [-0.2, -0.15) is 0 Å². The number of aliphatic carboxylic acids is 1. The van der Waals surface area contributed by atoms with E-state index in [-0.39, 0.29) is 5.91 Å². The summed E-state index contributed by atoms with van der Waals surface area (Å²) in [6.45, 7) is 5.81. The summed E-state index contributed by atoms with van der Waals surface area (Å²) in [5, 5.41) is 17.3. The molecule has 0 aromatic heterocycles. The van der Waals surface area contributed by atoms with Crippen molar-refractivity contribution in [2.75, 3.05) is 6.54 Å². The van der Waals surface area contributed by atoms with Gasteiger partial charge in [0.05, 0.1) is 12.5 Å². The summed E-state index contributed by atoms with van der Waals surface area (Å²) in [5.41, 5.74) is 1.05. The zero-order valence-corrected chi connectivity index (χ0v) is 20.1. The SMILES string of the molecule is CC(C)(C)[C@H](NC(=O)C1NC=Cc2ccccc21)C(=O)N1CCCC1C(=O)N[C@H](C=O)CC(=O)O. The van der Waals surface area contributed by atoms with Crippen molar-refractivity contribution < 1.29 is 29.1 Å². The van der Waals surface area contributed by atoms with Crippen molar-refractivity contribution in [2.45, 2.75) is 64.2 Å². The second kappa shape index (κ2) is 10.7. The second-order valence-electron chi connectivity index (χ2n) is 9.91. The number of rotatable bonds is 8. The average molecular weight is 485 g/mol. The third kappa shape index (κ3) is 6.06. The summed E-state index contributed by atoms with van der Waals surface area (Å²) in [6.07, 6.45) is 4.35. The van der Waals surface area contributed by atoms with Crippen molar-refractivity contribution in [3.05, 3.63) is 41.6 Å². The molecule has 2 unspecified atom stereocenters. The van der Waals surface area contributed by atoms with Gasteiger partial charge in [0.15, 0.2) is 0 Å². The highest BCUT2D eigenvalue weighted by Gasteiger charge is 2.43. The highest BCUT2D eigenvalue weighted by Crippen LogP contribution is 2.28. The maximum absolute atomic E-state index is 13.6. The molecule has 0 aliphatic carbocycles. The number of carboxylic acid groups (broad SMARTS) is 1. The lowest BCUT2D eigenvalue weighted by Gasteiger charge is -2.36. The number of amides is 3. The van der Waals surface area contributed by atoms with E-state index >= 15 is 0 Å². The number of carbonyl (C=O) groups excluding carboxylic acids is 4. The minimum atomic E-state index is -1.22. The molecule has 1 fully saturated rings. The molecule has 1 saturated heterocycles. The Bertz CT molecular complexity index is 1030. The number of carboxylic acids is 1. The zero-order chi connectivity index (χ0) is 25.8. The van der Waals surface area contributed by atoms with E-state index in [0.717, 1.165) is 11.1 Å². The Morgan fingerprint density at radius 3 is 2.54 bits per heavy atom. The molecule has 2 aliphatic heterocycles. The molecular weight excluding hydrogens is 452 g/mol. The van der Waals surface area contributed by atoms with Gasteiger partial charge in [0.25, 0.3) is 0 Å². The number of carbonyl (C=O) groups is 5. The maximum atomic E-state index is 13.6. The first-order valence-electron chi connectivity index (χ1n) is 11.6. The normalized spacial score (nSPS) is 20.7. The van der Waals surface area contributed by atoms with Gasteiger partial charge in [0, 0.05) is 6.54 Å². The van der Waals surface area contributed by atoms with Crippen molar-refractivity contribution in [1.29, 1.82) is 0 Å². The molecule has 0 radical (unpaired) electrons. The Kier molecular flexibility index (Phi) is 7.93. The monoisotopic (exact) mass is 484 g/mol. The van der Waals surface area contributed by atoms with Crippen molar-refractivity contribution in [3.8, 4) is 0 Å². The van der Waals surface area contributed by atoms with E-state index in [1.807, 2.05) is 51.1 Å². The van der Waals surface area contributed by atoms with Crippen molar-refractivity contribution in [3.63, 3.8) is 0 Å². The summed E-state index contributed by atoms with van der Waals surface area (Å²) in [4.78, 5) is 63.3. The summed E-state index contributed by atoms with van der Waals surface area (Å²) >= 11 is 0. The van der Waals surface area contributed by atoms with Gasteiger partial charge in [0.1, 0.15) is 24.4 Å². The van der Waals surface area contributed by atoms with E-state index in [2.05, 4.69) is 16.0 Å². The number of fused-ring (bicyclic) bond motifs is 1. The first kappa shape index (κ1) is 25.9. The molecule has 0 bridgehead atoms. The van der Waals surface area contributed by atoms with E-state index < -0.39 is 53.8 Å². The number of hydrogen-bond acceptors (Lipinski definition) is 6. The van der Waals surface area contributed by atoms with Gasteiger partial charge in [-0.1, -0.05) is 45.0 Å².